The zero-order chi connectivity index (χ0) is 48.9. The smallest absolute Gasteiger partial charge is 0.303 e. The van der Waals surface area contributed by atoms with Gasteiger partial charge in [-0.05, 0) is 0 Å². The summed E-state index contributed by atoms with van der Waals surface area (Å²) in [6, 6.07) is 0. The minimum absolute atomic E-state index is 0.658. The molecule has 9 unspecified atom stereocenters. The lowest BCUT2D eigenvalue weighted by molar-refractivity contribution is -0.362. The summed E-state index contributed by atoms with van der Waals surface area (Å²) in [6.07, 6.45) is -24.8. The summed E-state index contributed by atoms with van der Waals surface area (Å²) in [6.45, 7) is 8.02. The Morgan fingerprint density at radius 3 is 1.20 bits per heavy atom. The summed E-state index contributed by atoms with van der Waals surface area (Å²) < 4.78 is 90.1. The molecule has 366 valence electrons. The maximum atomic E-state index is 12.8. The van der Waals surface area contributed by atoms with Crippen LogP contribution in [0.5, 0.6) is 0 Å². The van der Waals surface area contributed by atoms with E-state index in [2.05, 4.69) is 0 Å². The second-order valence-electron chi connectivity index (χ2n) is 14.5. The van der Waals surface area contributed by atoms with Crippen molar-refractivity contribution in [2.45, 2.75) is 161 Å². The third-order valence-electron chi connectivity index (χ3n) is 9.04. The first-order valence-electron chi connectivity index (χ1n) is 19.8. The number of rotatable bonds is 19. The van der Waals surface area contributed by atoms with Gasteiger partial charge in [0.25, 0.3) is 0 Å². The van der Waals surface area contributed by atoms with Crippen LogP contribution in [0.15, 0.2) is 0 Å². The van der Waals surface area contributed by atoms with Crippen LogP contribution < -0.4 is 0 Å². The molecule has 0 radical (unpaired) electrons. The van der Waals surface area contributed by atoms with Crippen molar-refractivity contribution in [3.05, 3.63) is 0 Å². The zero-order valence-electron chi connectivity index (χ0n) is 37.4. The highest BCUT2D eigenvalue weighted by Crippen LogP contribution is 2.37. The Balaban J connectivity index is 2.18. The summed E-state index contributed by atoms with van der Waals surface area (Å²) in [5.74, 6) is -9.15. The molecule has 0 saturated carbocycles. The van der Waals surface area contributed by atoms with E-state index in [-0.39, 0.29) is 0 Å². The van der Waals surface area contributed by atoms with E-state index in [1.54, 1.807) is 0 Å². The van der Waals surface area contributed by atoms with Crippen molar-refractivity contribution in [2.75, 3.05) is 26.9 Å². The molecule has 26 nitrogen and oxygen atoms in total. The summed E-state index contributed by atoms with van der Waals surface area (Å²) >= 11 is 0. The van der Waals surface area contributed by atoms with E-state index in [4.69, 9.17) is 75.8 Å². The van der Waals surface area contributed by atoms with Gasteiger partial charge in [0.15, 0.2) is 67.7 Å². The number of hydrogen-bond donors (Lipinski definition) is 0. The second-order valence-corrected chi connectivity index (χ2v) is 14.5. The van der Waals surface area contributed by atoms with Crippen LogP contribution in [-0.4, -0.2) is 179 Å². The highest BCUT2D eigenvalue weighted by Gasteiger charge is 2.59. The first kappa shape index (κ1) is 53.8. The molecule has 3 saturated heterocycles. The van der Waals surface area contributed by atoms with Crippen LogP contribution in [0, 0.1) is 0 Å². The van der Waals surface area contributed by atoms with Gasteiger partial charge in [0.05, 0.1) is 6.61 Å². The van der Waals surface area contributed by atoms with Gasteiger partial charge in [-0.25, -0.2) is 0 Å². The molecule has 65 heavy (non-hydrogen) atoms. The van der Waals surface area contributed by atoms with Crippen molar-refractivity contribution in [3.63, 3.8) is 0 Å². The average molecular weight is 939 g/mol. The molecule has 26 heteroatoms. The second kappa shape index (κ2) is 24.7. The Labute approximate surface area is 371 Å². The number of carbonyl (C=O) groups excluding carboxylic acids is 10. The lowest BCUT2D eigenvalue weighted by Gasteiger charge is -2.48. The number of hydrogen-bond acceptors (Lipinski definition) is 26. The molecule has 0 aromatic heterocycles. The highest BCUT2D eigenvalue weighted by molar-refractivity contribution is 5.70. The van der Waals surface area contributed by atoms with Crippen molar-refractivity contribution < 1.29 is 124 Å². The lowest BCUT2D eigenvalue weighted by Crippen LogP contribution is -2.67. The Morgan fingerprint density at radius 1 is 0.400 bits per heavy atom. The minimum Gasteiger partial charge on any atom is -0.463 e. The fourth-order valence-corrected chi connectivity index (χ4v) is 6.99. The molecule has 0 amide bonds. The first-order valence-corrected chi connectivity index (χ1v) is 19.8. The predicted molar refractivity (Wildman–Crippen MR) is 202 cm³/mol. The van der Waals surface area contributed by atoms with Crippen LogP contribution >= 0.6 is 0 Å². The van der Waals surface area contributed by atoms with E-state index < -0.39 is 172 Å². The molecule has 0 aromatic rings. The molecule has 3 rings (SSSR count). The number of ether oxygens (including phenoxy) is 16. The van der Waals surface area contributed by atoms with Crippen molar-refractivity contribution in [2.24, 2.45) is 0 Å². The zero-order valence-corrected chi connectivity index (χ0v) is 37.4. The topological polar surface area (TPSA) is 318 Å². The quantitative estimate of drug-likeness (QED) is 0.108. The highest BCUT2D eigenvalue weighted by atomic mass is 16.8. The van der Waals surface area contributed by atoms with Crippen LogP contribution in [-0.2, 0) is 124 Å². The van der Waals surface area contributed by atoms with Gasteiger partial charge in [-0.2, -0.15) is 0 Å². The Kier molecular flexibility index (Phi) is 20.4. The summed E-state index contributed by atoms with van der Waals surface area (Å²) in [5.41, 5.74) is 0. The van der Waals surface area contributed by atoms with Crippen LogP contribution in [0.2, 0.25) is 0 Å². The molecule has 3 fully saturated rings. The van der Waals surface area contributed by atoms with Gasteiger partial charge in [-0.3, -0.25) is 47.9 Å². The summed E-state index contributed by atoms with van der Waals surface area (Å²) in [7, 11) is 1.20. The van der Waals surface area contributed by atoms with E-state index in [1.165, 1.54) is 7.11 Å². The van der Waals surface area contributed by atoms with Crippen LogP contribution in [0.25, 0.3) is 0 Å². The maximum Gasteiger partial charge on any atom is 0.303 e. The van der Waals surface area contributed by atoms with Crippen molar-refractivity contribution in [1.82, 2.24) is 0 Å². The molecular formula is C39H54O26. The van der Waals surface area contributed by atoms with Gasteiger partial charge in [0.2, 0.25) is 0 Å². The largest absolute Gasteiger partial charge is 0.463 e. The monoisotopic (exact) mass is 938 g/mol. The SMILES string of the molecule is CO[C@@H]1O[C@@H](C(CO[C@@H]2OC(COC(C)=O)[C@@H](O[C@@H]3OC(COC(C)=O)[C@@H](OC(C)=O)C(OC(C)=O)C3OC(C)=O)C(OC(C)=O)C2OC(C)=O)OC(C)=O)C(OC(C)=O)C1OC(C)=O. The van der Waals surface area contributed by atoms with Gasteiger partial charge in [0.1, 0.15) is 37.6 Å². The molecule has 3 aliphatic rings. The predicted octanol–water partition coefficient (Wildman–Crippen LogP) is -1.21. The molecule has 0 N–H and O–H groups in total. The molecule has 0 aliphatic carbocycles. The van der Waals surface area contributed by atoms with E-state index in [0.29, 0.717) is 0 Å². The van der Waals surface area contributed by atoms with Gasteiger partial charge in [-0.1, -0.05) is 0 Å². The fourth-order valence-electron chi connectivity index (χ4n) is 6.99. The molecule has 0 bridgehead atoms. The molecule has 0 spiro atoms. The lowest BCUT2D eigenvalue weighted by atomic mass is 9.96. The first-order chi connectivity index (χ1) is 30.4. The van der Waals surface area contributed by atoms with E-state index in [1.807, 2.05) is 0 Å². The van der Waals surface area contributed by atoms with Gasteiger partial charge in [-0.15, -0.1) is 0 Å². The van der Waals surface area contributed by atoms with Gasteiger partial charge in [0, 0.05) is 76.3 Å². The minimum atomic E-state index is -1.94. The van der Waals surface area contributed by atoms with E-state index in [0.717, 1.165) is 69.2 Å². The summed E-state index contributed by atoms with van der Waals surface area (Å²) in [4.78, 5) is 124. The molecule has 3 heterocycles. The van der Waals surface area contributed by atoms with Crippen molar-refractivity contribution in [3.8, 4) is 0 Å². The Morgan fingerprint density at radius 2 is 0.769 bits per heavy atom. The standard InChI is InChI=1S/C39H54O26/c1-15(40)51-12-26-28(55-18(4)43)31(56-19(5)44)36(61-24(10)49)39(63-26)65-30-27(13-52-16(2)41)62-38(35(60-23(9)48)33(30)58-21(7)46)53-14-25(54-17(3)42)29-32(57-20(6)45)34(59-22(8)47)37(50-11)64-29/h25-39H,12-14H2,1-11H3/t25?,26?,27?,28-,29+,30-,31?,32?,33?,34?,35?,36?,37-,38-,39+/m1/s1. The molecule has 3 aliphatic heterocycles. The number of esters is 10. The third kappa shape index (κ3) is 16.1. The van der Waals surface area contributed by atoms with E-state index in [9.17, 15) is 47.9 Å². The van der Waals surface area contributed by atoms with Crippen molar-refractivity contribution >= 4 is 59.7 Å². The van der Waals surface area contributed by atoms with Crippen LogP contribution in [0.1, 0.15) is 69.2 Å². The van der Waals surface area contributed by atoms with Crippen molar-refractivity contribution in [1.29, 1.82) is 0 Å². The molecule has 0 aromatic carbocycles. The normalized spacial score (nSPS) is 31.1. The van der Waals surface area contributed by atoms with Crippen LogP contribution in [0.4, 0.5) is 0 Å². The molecular weight excluding hydrogens is 884 g/mol. The van der Waals surface area contributed by atoms with Crippen LogP contribution in [0.3, 0.4) is 0 Å². The number of carbonyl (C=O) groups is 10. The summed E-state index contributed by atoms with van der Waals surface area (Å²) in [5, 5.41) is 0. The Bertz CT molecular complexity index is 1750. The average Bonchev–Trinajstić information content (AvgIpc) is 3.49. The third-order valence-corrected chi connectivity index (χ3v) is 9.04. The number of methoxy groups -OCH3 is 1. The fraction of sp³-hybridized carbons (Fsp3) is 0.744. The maximum absolute atomic E-state index is 12.8. The molecule has 15 atom stereocenters. The van der Waals surface area contributed by atoms with Gasteiger partial charge >= 0.3 is 59.7 Å². The van der Waals surface area contributed by atoms with E-state index >= 15 is 0 Å². The Hall–Kier alpha value is -5.54. The van der Waals surface area contributed by atoms with Gasteiger partial charge < -0.3 is 75.8 Å².